The average molecular weight is 329 g/mol. The van der Waals surface area contributed by atoms with E-state index in [0.29, 0.717) is 11.3 Å². The van der Waals surface area contributed by atoms with E-state index in [1.807, 2.05) is 18.8 Å². The molecule has 1 unspecified atom stereocenters. The van der Waals surface area contributed by atoms with Gasteiger partial charge in [-0.25, -0.2) is 0 Å². The van der Waals surface area contributed by atoms with Crippen molar-refractivity contribution in [1.29, 1.82) is 0 Å². The Labute approximate surface area is 108 Å². The second-order valence-corrected chi connectivity index (χ2v) is 4.69. The molecule has 1 saturated carbocycles. The first-order valence-corrected chi connectivity index (χ1v) is 6.05. The molecule has 3 nitrogen and oxygen atoms in total. The molecule has 0 aliphatic heterocycles. The average Bonchev–Trinajstić information content (AvgIpc) is 2.95. The van der Waals surface area contributed by atoms with E-state index >= 15 is 0 Å². The van der Waals surface area contributed by atoms with Crippen LogP contribution in [0.25, 0.3) is 0 Å². The van der Waals surface area contributed by atoms with Crippen LogP contribution < -0.4 is 10.6 Å². The lowest BCUT2D eigenvalue weighted by molar-refractivity contribution is 0.788. The number of guanidine groups is 1. The van der Waals surface area contributed by atoms with Crippen LogP contribution in [0.5, 0.6) is 0 Å². The minimum Gasteiger partial charge on any atom is -0.355 e. The number of aliphatic imine (C=N–C) groups is 1. The summed E-state index contributed by atoms with van der Waals surface area (Å²) in [6, 6.07) is 0.677. The maximum absolute atomic E-state index is 4.16. The lowest BCUT2D eigenvalue weighted by Gasteiger charge is -2.13. The molecular weight excluding hydrogens is 309 g/mol. The van der Waals surface area contributed by atoms with Crippen LogP contribution in [0.3, 0.4) is 0 Å². The van der Waals surface area contributed by atoms with Crippen LogP contribution in [-0.4, -0.2) is 37.1 Å². The lowest BCUT2D eigenvalue weighted by Crippen LogP contribution is -2.40. The van der Waals surface area contributed by atoms with E-state index in [1.54, 1.807) is 0 Å². The number of hydrogen-bond acceptors (Lipinski definition) is 2. The number of rotatable bonds is 4. The Hall–Kier alpha value is 0.350. The minimum atomic E-state index is 0. The molecule has 2 N–H and O–H groups in total. The highest BCUT2D eigenvalue weighted by molar-refractivity contribution is 14.0. The zero-order valence-electron chi connectivity index (χ0n) is 9.04. The predicted molar refractivity (Wildman–Crippen MR) is 75.9 cm³/mol. The second-order valence-electron chi connectivity index (χ2n) is 3.42. The van der Waals surface area contributed by atoms with E-state index < -0.39 is 0 Å². The summed E-state index contributed by atoms with van der Waals surface area (Å²) in [5.41, 5.74) is 0. The van der Waals surface area contributed by atoms with Crippen molar-refractivity contribution in [2.45, 2.75) is 31.1 Å². The van der Waals surface area contributed by atoms with E-state index in [2.05, 4.69) is 28.8 Å². The van der Waals surface area contributed by atoms with Gasteiger partial charge < -0.3 is 10.6 Å². The highest BCUT2D eigenvalue weighted by atomic mass is 127. The predicted octanol–water partition coefficient (Wildman–Crippen LogP) is 1.68. The monoisotopic (exact) mass is 329 g/mol. The van der Waals surface area contributed by atoms with Crippen molar-refractivity contribution in [3.63, 3.8) is 0 Å². The van der Waals surface area contributed by atoms with Crippen molar-refractivity contribution in [2.24, 2.45) is 4.99 Å². The zero-order chi connectivity index (χ0) is 9.68. The van der Waals surface area contributed by atoms with Gasteiger partial charge in [0, 0.05) is 24.9 Å². The molecule has 0 aromatic carbocycles. The van der Waals surface area contributed by atoms with Gasteiger partial charge in [0.1, 0.15) is 0 Å². The first-order valence-electron chi connectivity index (χ1n) is 4.76. The van der Waals surface area contributed by atoms with Gasteiger partial charge in [-0.2, -0.15) is 11.8 Å². The van der Waals surface area contributed by atoms with Crippen LogP contribution in [0.1, 0.15) is 19.8 Å². The Morgan fingerprint density at radius 1 is 1.57 bits per heavy atom. The molecule has 84 valence electrons. The summed E-state index contributed by atoms with van der Waals surface area (Å²) in [6.45, 7) is 3.19. The maximum atomic E-state index is 4.16. The second kappa shape index (κ2) is 7.62. The number of halogens is 1. The summed E-state index contributed by atoms with van der Waals surface area (Å²) in [7, 11) is 1.82. The van der Waals surface area contributed by atoms with Gasteiger partial charge >= 0.3 is 0 Å². The fourth-order valence-electron chi connectivity index (χ4n) is 0.939. The smallest absolute Gasteiger partial charge is 0.191 e. The molecule has 0 aromatic rings. The third-order valence-electron chi connectivity index (χ3n) is 2.10. The van der Waals surface area contributed by atoms with Crippen LogP contribution in [0.15, 0.2) is 4.99 Å². The van der Waals surface area contributed by atoms with Gasteiger partial charge in [0.15, 0.2) is 5.96 Å². The van der Waals surface area contributed by atoms with Crippen LogP contribution in [0, 0.1) is 0 Å². The minimum absolute atomic E-state index is 0. The Bertz CT molecular complexity index is 183. The maximum Gasteiger partial charge on any atom is 0.191 e. The Morgan fingerprint density at radius 3 is 2.64 bits per heavy atom. The van der Waals surface area contributed by atoms with Crippen LogP contribution in [0.2, 0.25) is 0 Å². The van der Waals surface area contributed by atoms with Crippen molar-refractivity contribution in [3.8, 4) is 0 Å². The Balaban J connectivity index is 0.00000169. The van der Waals surface area contributed by atoms with Crippen molar-refractivity contribution < 1.29 is 0 Å². The number of nitrogens with zero attached hydrogens (tertiary/aromatic N) is 1. The van der Waals surface area contributed by atoms with Crippen LogP contribution >= 0.6 is 35.7 Å². The topological polar surface area (TPSA) is 36.4 Å². The fourth-order valence-corrected chi connectivity index (χ4v) is 1.19. The first-order chi connectivity index (χ1) is 6.26. The lowest BCUT2D eigenvalue weighted by atomic mass is 10.5. The number of thioether (sulfide) groups is 1. The zero-order valence-corrected chi connectivity index (χ0v) is 12.2. The van der Waals surface area contributed by atoms with Crippen molar-refractivity contribution in [3.05, 3.63) is 0 Å². The molecule has 1 aliphatic carbocycles. The van der Waals surface area contributed by atoms with Gasteiger partial charge in [0.2, 0.25) is 0 Å². The third-order valence-corrected chi connectivity index (χ3v) is 3.07. The summed E-state index contributed by atoms with van der Waals surface area (Å²) in [6.07, 6.45) is 4.71. The van der Waals surface area contributed by atoms with E-state index in [1.165, 1.54) is 12.8 Å². The molecule has 0 radical (unpaired) electrons. The first kappa shape index (κ1) is 14.3. The number of nitrogens with one attached hydrogen (secondary N) is 2. The normalized spacial score (nSPS) is 18.4. The van der Waals surface area contributed by atoms with E-state index in [4.69, 9.17) is 0 Å². The molecule has 0 bridgehead atoms. The largest absolute Gasteiger partial charge is 0.355 e. The molecule has 0 heterocycles. The van der Waals surface area contributed by atoms with Crippen molar-refractivity contribution in [1.82, 2.24) is 10.6 Å². The molecule has 1 rings (SSSR count). The molecule has 1 atom stereocenters. The summed E-state index contributed by atoms with van der Waals surface area (Å²) >= 11 is 1.87. The molecule has 0 spiro atoms. The summed E-state index contributed by atoms with van der Waals surface area (Å²) in [4.78, 5) is 4.16. The van der Waals surface area contributed by atoms with E-state index in [9.17, 15) is 0 Å². The van der Waals surface area contributed by atoms with E-state index in [0.717, 1.165) is 12.5 Å². The van der Waals surface area contributed by atoms with Gasteiger partial charge in [-0.1, -0.05) is 6.92 Å². The highest BCUT2D eigenvalue weighted by Crippen LogP contribution is 2.18. The Morgan fingerprint density at radius 2 is 2.21 bits per heavy atom. The Kier molecular flexibility index (Phi) is 7.81. The summed E-state index contributed by atoms with van der Waals surface area (Å²) in [5, 5.41) is 7.30. The van der Waals surface area contributed by atoms with Crippen LogP contribution in [0.4, 0.5) is 0 Å². The van der Waals surface area contributed by atoms with Gasteiger partial charge in [-0.05, 0) is 19.1 Å². The van der Waals surface area contributed by atoms with E-state index in [-0.39, 0.29) is 24.0 Å². The molecule has 0 saturated heterocycles. The molecule has 5 heteroatoms. The van der Waals surface area contributed by atoms with Crippen molar-refractivity contribution in [2.75, 3.05) is 19.8 Å². The molecular formula is C9H20IN3S. The molecule has 0 amide bonds. The molecule has 0 aromatic heterocycles. The van der Waals surface area contributed by atoms with Crippen molar-refractivity contribution >= 4 is 41.7 Å². The molecule has 1 fully saturated rings. The third kappa shape index (κ3) is 5.95. The van der Waals surface area contributed by atoms with Gasteiger partial charge in [0.25, 0.3) is 0 Å². The number of hydrogen-bond donors (Lipinski definition) is 2. The van der Waals surface area contributed by atoms with Crippen LogP contribution in [-0.2, 0) is 0 Å². The van der Waals surface area contributed by atoms with Gasteiger partial charge in [-0.3, -0.25) is 4.99 Å². The van der Waals surface area contributed by atoms with Gasteiger partial charge in [0.05, 0.1) is 0 Å². The highest BCUT2D eigenvalue weighted by Gasteiger charge is 2.22. The SMILES string of the molecule is CN=C(NCC(C)SC)NC1CC1.I. The van der Waals surface area contributed by atoms with Gasteiger partial charge in [-0.15, -0.1) is 24.0 Å². The quantitative estimate of drug-likeness (QED) is 0.468. The summed E-state index contributed by atoms with van der Waals surface area (Å²) < 4.78 is 0. The molecule has 14 heavy (non-hydrogen) atoms. The standard InChI is InChI=1S/C9H19N3S.HI/c1-7(13-3)6-11-9(10-2)12-8-4-5-8;/h7-8H,4-6H2,1-3H3,(H2,10,11,12);1H. The fraction of sp³-hybridized carbons (Fsp3) is 0.889. The summed E-state index contributed by atoms with van der Waals surface area (Å²) in [5.74, 6) is 0.948. The molecule has 1 aliphatic rings.